The quantitative estimate of drug-likeness (QED) is 0.761. The van der Waals surface area contributed by atoms with E-state index in [9.17, 15) is 14.7 Å². The summed E-state index contributed by atoms with van der Waals surface area (Å²) in [4.78, 5) is 23.9. The Morgan fingerprint density at radius 3 is 2.62 bits per heavy atom. The van der Waals surface area contributed by atoms with Crippen LogP contribution in [0.4, 0.5) is 0 Å². The van der Waals surface area contributed by atoms with Crippen LogP contribution >= 0.6 is 0 Å². The van der Waals surface area contributed by atoms with Crippen LogP contribution < -0.4 is 10.6 Å². The summed E-state index contributed by atoms with van der Waals surface area (Å²) in [5.74, 6) is -0.523. The zero-order valence-electron chi connectivity index (χ0n) is 12.3. The minimum atomic E-state index is -0.495. The van der Waals surface area contributed by atoms with Crippen molar-refractivity contribution >= 4 is 11.8 Å². The highest BCUT2D eigenvalue weighted by atomic mass is 16.3. The molecule has 5 nitrogen and oxygen atoms in total. The van der Waals surface area contributed by atoms with Crippen LogP contribution in [0.2, 0.25) is 0 Å². The van der Waals surface area contributed by atoms with Gasteiger partial charge in [0.25, 0.3) is 5.91 Å². The predicted octanol–water partition coefficient (Wildman–Crippen LogP) is 1.15. The van der Waals surface area contributed by atoms with Crippen LogP contribution in [0.3, 0.4) is 0 Å². The smallest absolute Gasteiger partial charge is 0.251 e. The fourth-order valence-corrected chi connectivity index (χ4v) is 2.76. The molecule has 1 fully saturated rings. The highest BCUT2D eigenvalue weighted by Crippen LogP contribution is 2.28. The van der Waals surface area contributed by atoms with Crippen molar-refractivity contribution in [1.82, 2.24) is 10.6 Å². The Bertz CT molecular complexity index is 522. The highest BCUT2D eigenvalue weighted by molar-refractivity contribution is 5.96. The fraction of sp³-hybridized carbons (Fsp3) is 0.500. The Hall–Kier alpha value is -1.88. The first kappa shape index (κ1) is 15.5. The van der Waals surface area contributed by atoms with Crippen LogP contribution in [0.5, 0.6) is 0 Å². The fourth-order valence-electron chi connectivity index (χ4n) is 2.76. The van der Waals surface area contributed by atoms with Crippen molar-refractivity contribution in [1.29, 1.82) is 0 Å². The molecule has 0 bridgehead atoms. The molecule has 1 aromatic rings. The highest BCUT2D eigenvalue weighted by Gasteiger charge is 2.34. The second kappa shape index (κ2) is 6.72. The van der Waals surface area contributed by atoms with Crippen molar-refractivity contribution in [2.75, 3.05) is 13.2 Å². The minimum absolute atomic E-state index is 0.0510. The van der Waals surface area contributed by atoms with Crippen LogP contribution in [0.25, 0.3) is 0 Å². The van der Waals surface area contributed by atoms with E-state index in [2.05, 4.69) is 10.6 Å². The zero-order chi connectivity index (χ0) is 15.3. The van der Waals surface area contributed by atoms with Gasteiger partial charge < -0.3 is 15.7 Å². The summed E-state index contributed by atoms with van der Waals surface area (Å²) in [7, 11) is 0. The average molecular weight is 290 g/mol. The monoisotopic (exact) mass is 290 g/mol. The van der Waals surface area contributed by atoms with Crippen molar-refractivity contribution in [3.8, 4) is 0 Å². The van der Waals surface area contributed by atoms with Gasteiger partial charge >= 0.3 is 0 Å². The number of hydrogen-bond acceptors (Lipinski definition) is 3. The summed E-state index contributed by atoms with van der Waals surface area (Å²) >= 11 is 0. The van der Waals surface area contributed by atoms with E-state index < -0.39 is 5.54 Å². The van der Waals surface area contributed by atoms with Crippen molar-refractivity contribution in [3.63, 3.8) is 0 Å². The number of carbonyl (C=O) groups is 2. The summed E-state index contributed by atoms with van der Waals surface area (Å²) in [5, 5.41) is 14.9. The van der Waals surface area contributed by atoms with Gasteiger partial charge in [-0.3, -0.25) is 9.59 Å². The van der Waals surface area contributed by atoms with Gasteiger partial charge in [-0.2, -0.15) is 0 Å². The molecule has 1 saturated carbocycles. The molecule has 0 unspecified atom stereocenters. The van der Waals surface area contributed by atoms with Gasteiger partial charge in [0.1, 0.15) is 0 Å². The van der Waals surface area contributed by atoms with Gasteiger partial charge in [-0.1, -0.05) is 30.5 Å². The van der Waals surface area contributed by atoms with E-state index in [1.54, 1.807) is 12.1 Å². The van der Waals surface area contributed by atoms with Gasteiger partial charge in [-0.05, 0) is 31.9 Å². The number of amides is 2. The number of nitrogens with one attached hydrogen (secondary N) is 2. The second-order valence-corrected chi connectivity index (χ2v) is 5.75. The van der Waals surface area contributed by atoms with E-state index in [1.807, 2.05) is 19.1 Å². The first-order chi connectivity index (χ1) is 10.0. The van der Waals surface area contributed by atoms with Crippen LogP contribution in [0.15, 0.2) is 24.3 Å². The number of hydrogen-bond donors (Lipinski definition) is 3. The second-order valence-electron chi connectivity index (χ2n) is 5.75. The standard InChI is InChI=1S/C16H22N2O3/c1-12-5-4-6-13(9-12)15(21)17-10-14(20)18-16(11-19)7-2-3-8-16/h4-6,9,19H,2-3,7-8,10-11H2,1H3,(H,17,21)(H,18,20). The van der Waals surface area contributed by atoms with Crippen molar-refractivity contribution in [2.24, 2.45) is 0 Å². The van der Waals surface area contributed by atoms with E-state index in [4.69, 9.17) is 0 Å². The molecule has 3 N–H and O–H groups in total. The summed E-state index contributed by atoms with van der Waals surface area (Å²) < 4.78 is 0. The predicted molar refractivity (Wildman–Crippen MR) is 79.9 cm³/mol. The molecule has 2 rings (SSSR count). The van der Waals surface area contributed by atoms with Gasteiger partial charge in [0, 0.05) is 5.56 Å². The number of carbonyl (C=O) groups excluding carboxylic acids is 2. The van der Waals surface area contributed by atoms with E-state index in [-0.39, 0.29) is 25.0 Å². The molecule has 0 aliphatic heterocycles. The Morgan fingerprint density at radius 1 is 1.29 bits per heavy atom. The molecule has 21 heavy (non-hydrogen) atoms. The Kier molecular flexibility index (Phi) is 4.96. The maximum Gasteiger partial charge on any atom is 0.251 e. The van der Waals surface area contributed by atoms with Gasteiger partial charge in [0.15, 0.2) is 0 Å². The third-order valence-corrected chi connectivity index (χ3v) is 3.96. The maximum absolute atomic E-state index is 11.9. The topological polar surface area (TPSA) is 78.4 Å². The van der Waals surface area contributed by atoms with Gasteiger partial charge in [-0.25, -0.2) is 0 Å². The molecule has 2 amide bonds. The Balaban J connectivity index is 1.85. The molecule has 0 aromatic heterocycles. The SMILES string of the molecule is Cc1cccc(C(=O)NCC(=O)NC2(CO)CCCC2)c1. The summed E-state index contributed by atoms with van der Waals surface area (Å²) in [6, 6.07) is 7.21. The van der Waals surface area contributed by atoms with Crippen LogP contribution in [0, 0.1) is 6.92 Å². The first-order valence-corrected chi connectivity index (χ1v) is 7.31. The van der Waals surface area contributed by atoms with Crippen molar-refractivity contribution < 1.29 is 14.7 Å². The molecular formula is C16H22N2O3. The van der Waals surface area contributed by atoms with Crippen molar-refractivity contribution in [3.05, 3.63) is 35.4 Å². The van der Waals surface area contributed by atoms with E-state index >= 15 is 0 Å². The van der Waals surface area contributed by atoms with Crippen LogP contribution in [-0.4, -0.2) is 35.6 Å². The molecule has 5 heteroatoms. The molecule has 0 atom stereocenters. The molecule has 0 heterocycles. The lowest BCUT2D eigenvalue weighted by Gasteiger charge is -2.28. The molecule has 0 saturated heterocycles. The van der Waals surface area contributed by atoms with Crippen LogP contribution in [-0.2, 0) is 4.79 Å². The normalized spacial score (nSPS) is 16.5. The summed E-state index contributed by atoms with van der Waals surface area (Å²) in [6.07, 6.45) is 3.61. The molecule has 1 aliphatic rings. The number of rotatable bonds is 5. The molecule has 1 aromatic carbocycles. The van der Waals surface area contributed by atoms with Gasteiger partial charge in [0.2, 0.25) is 5.91 Å². The van der Waals surface area contributed by atoms with E-state index in [0.717, 1.165) is 31.2 Å². The van der Waals surface area contributed by atoms with Crippen LogP contribution in [0.1, 0.15) is 41.6 Å². The van der Waals surface area contributed by atoms with Gasteiger partial charge in [-0.15, -0.1) is 0 Å². The zero-order valence-corrected chi connectivity index (χ0v) is 12.3. The maximum atomic E-state index is 11.9. The molecular weight excluding hydrogens is 268 g/mol. The molecule has 0 radical (unpaired) electrons. The van der Waals surface area contributed by atoms with Crippen molar-refractivity contribution in [2.45, 2.75) is 38.1 Å². The third-order valence-electron chi connectivity index (χ3n) is 3.96. The van der Waals surface area contributed by atoms with E-state index in [0.29, 0.717) is 5.56 Å². The lowest BCUT2D eigenvalue weighted by atomic mass is 9.99. The molecule has 0 spiro atoms. The summed E-state index contributed by atoms with van der Waals surface area (Å²) in [5.41, 5.74) is 1.04. The third kappa shape index (κ3) is 4.04. The Morgan fingerprint density at radius 2 is 2.00 bits per heavy atom. The van der Waals surface area contributed by atoms with E-state index in [1.165, 1.54) is 0 Å². The number of benzene rings is 1. The minimum Gasteiger partial charge on any atom is -0.394 e. The number of aliphatic hydroxyl groups excluding tert-OH is 1. The number of aliphatic hydroxyl groups is 1. The lowest BCUT2D eigenvalue weighted by Crippen LogP contribution is -2.52. The number of aryl methyl sites for hydroxylation is 1. The average Bonchev–Trinajstić information content (AvgIpc) is 2.94. The largest absolute Gasteiger partial charge is 0.394 e. The lowest BCUT2D eigenvalue weighted by molar-refractivity contribution is -0.122. The summed E-state index contributed by atoms with van der Waals surface area (Å²) in [6.45, 7) is 1.79. The van der Waals surface area contributed by atoms with Gasteiger partial charge in [0.05, 0.1) is 18.7 Å². The first-order valence-electron chi connectivity index (χ1n) is 7.31. The Labute approximate surface area is 124 Å². The molecule has 1 aliphatic carbocycles. The molecule has 114 valence electrons.